The number of esters is 1. The summed E-state index contributed by atoms with van der Waals surface area (Å²) in [5.41, 5.74) is 1.10. The Morgan fingerprint density at radius 2 is 1.95 bits per heavy atom. The molecule has 4 heteroatoms. The Morgan fingerprint density at radius 3 is 2.65 bits per heavy atom. The molecule has 0 saturated carbocycles. The standard InChI is InChI=1S/C16H10FNO2/c17-14-7-4-12(5-8-14)6-9-16(19)20-15-3-1-2-13(10-15)11-18/h1-10H/b9-6+. The zero-order valence-corrected chi connectivity index (χ0v) is 10.4. The van der Waals surface area contributed by atoms with Crippen molar-refractivity contribution in [2.45, 2.75) is 0 Å². The van der Waals surface area contributed by atoms with Gasteiger partial charge in [-0.15, -0.1) is 0 Å². The molecule has 3 nitrogen and oxygen atoms in total. The molecule has 98 valence electrons. The molecule has 0 saturated heterocycles. The summed E-state index contributed by atoms with van der Waals surface area (Å²) in [5.74, 6) is -0.597. The Labute approximate surface area is 115 Å². The second kappa shape index (κ2) is 6.30. The highest BCUT2D eigenvalue weighted by Gasteiger charge is 2.01. The van der Waals surface area contributed by atoms with Gasteiger partial charge in [-0.1, -0.05) is 18.2 Å². The van der Waals surface area contributed by atoms with Gasteiger partial charge in [0, 0.05) is 6.08 Å². The summed E-state index contributed by atoms with van der Waals surface area (Å²) in [7, 11) is 0. The fourth-order valence-corrected chi connectivity index (χ4v) is 1.52. The number of hydrogen-bond donors (Lipinski definition) is 0. The zero-order chi connectivity index (χ0) is 14.4. The van der Waals surface area contributed by atoms with E-state index in [9.17, 15) is 9.18 Å². The lowest BCUT2D eigenvalue weighted by Crippen LogP contribution is -2.03. The predicted molar refractivity (Wildman–Crippen MR) is 72.2 cm³/mol. The van der Waals surface area contributed by atoms with Crippen molar-refractivity contribution < 1.29 is 13.9 Å². The molecule has 0 radical (unpaired) electrons. The van der Waals surface area contributed by atoms with Crippen LogP contribution in [-0.4, -0.2) is 5.97 Å². The number of ether oxygens (including phenoxy) is 1. The molecule has 2 rings (SSSR count). The molecule has 0 atom stereocenters. The molecule has 2 aromatic rings. The van der Waals surface area contributed by atoms with E-state index in [1.165, 1.54) is 30.4 Å². The second-order valence-corrected chi connectivity index (χ2v) is 3.95. The molecule has 0 aliphatic heterocycles. The maximum absolute atomic E-state index is 12.7. The van der Waals surface area contributed by atoms with Gasteiger partial charge in [0.15, 0.2) is 0 Å². The van der Waals surface area contributed by atoms with Crippen LogP contribution in [0.25, 0.3) is 6.08 Å². The van der Waals surface area contributed by atoms with Crippen LogP contribution in [-0.2, 0) is 4.79 Å². The van der Waals surface area contributed by atoms with Gasteiger partial charge in [0.2, 0.25) is 0 Å². The molecule has 20 heavy (non-hydrogen) atoms. The highest BCUT2D eigenvalue weighted by atomic mass is 19.1. The first-order valence-electron chi connectivity index (χ1n) is 5.83. The first kappa shape index (κ1) is 13.5. The summed E-state index contributed by atoms with van der Waals surface area (Å²) < 4.78 is 17.8. The number of nitrogens with zero attached hydrogens (tertiary/aromatic N) is 1. The maximum Gasteiger partial charge on any atom is 0.336 e. The average Bonchev–Trinajstić information content (AvgIpc) is 2.47. The van der Waals surface area contributed by atoms with Crippen molar-refractivity contribution in [3.8, 4) is 11.8 Å². The van der Waals surface area contributed by atoms with E-state index in [0.717, 1.165) is 0 Å². The van der Waals surface area contributed by atoms with Gasteiger partial charge in [-0.3, -0.25) is 0 Å². The monoisotopic (exact) mass is 267 g/mol. The summed E-state index contributed by atoms with van der Waals surface area (Å²) in [4.78, 5) is 11.6. The smallest absolute Gasteiger partial charge is 0.336 e. The molecule has 0 aromatic heterocycles. The molecule has 0 aliphatic carbocycles. The number of benzene rings is 2. The van der Waals surface area contributed by atoms with E-state index in [1.807, 2.05) is 6.07 Å². The maximum atomic E-state index is 12.7. The zero-order valence-electron chi connectivity index (χ0n) is 10.4. The lowest BCUT2D eigenvalue weighted by Gasteiger charge is -2.01. The number of rotatable bonds is 3. The van der Waals surface area contributed by atoms with Crippen LogP contribution in [0, 0.1) is 17.1 Å². The molecule has 0 heterocycles. The molecule has 0 fully saturated rings. The van der Waals surface area contributed by atoms with Crippen LogP contribution in [0.3, 0.4) is 0 Å². The number of nitriles is 1. The van der Waals surface area contributed by atoms with Crippen molar-refractivity contribution in [2.75, 3.05) is 0 Å². The van der Waals surface area contributed by atoms with E-state index < -0.39 is 5.97 Å². The lowest BCUT2D eigenvalue weighted by atomic mass is 10.2. The summed E-state index contributed by atoms with van der Waals surface area (Å²) in [6.45, 7) is 0. The quantitative estimate of drug-likeness (QED) is 0.487. The van der Waals surface area contributed by atoms with Gasteiger partial charge in [0.25, 0.3) is 0 Å². The third-order valence-corrected chi connectivity index (χ3v) is 2.46. The van der Waals surface area contributed by atoms with Crippen molar-refractivity contribution in [2.24, 2.45) is 0 Å². The van der Waals surface area contributed by atoms with Gasteiger partial charge < -0.3 is 4.74 Å². The molecule has 0 bridgehead atoms. The topological polar surface area (TPSA) is 50.1 Å². The highest BCUT2D eigenvalue weighted by Crippen LogP contribution is 2.13. The highest BCUT2D eigenvalue weighted by molar-refractivity contribution is 5.88. The first-order valence-corrected chi connectivity index (χ1v) is 5.83. The molecule has 0 N–H and O–H groups in total. The van der Waals surface area contributed by atoms with Crippen molar-refractivity contribution in [3.05, 3.63) is 71.6 Å². The van der Waals surface area contributed by atoms with Crippen LogP contribution in [0.5, 0.6) is 5.75 Å². The third-order valence-electron chi connectivity index (χ3n) is 2.46. The molecule has 0 amide bonds. The van der Waals surface area contributed by atoms with E-state index in [-0.39, 0.29) is 5.82 Å². The average molecular weight is 267 g/mol. The third kappa shape index (κ3) is 3.79. The molecule has 0 unspecified atom stereocenters. The lowest BCUT2D eigenvalue weighted by molar-refractivity contribution is -0.128. The van der Waals surface area contributed by atoms with Crippen LogP contribution in [0.2, 0.25) is 0 Å². The first-order chi connectivity index (χ1) is 9.67. The molecule has 0 spiro atoms. The van der Waals surface area contributed by atoms with E-state index in [0.29, 0.717) is 16.9 Å². The largest absolute Gasteiger partial charge is 0.423 e. The summed E-state index contributed by atoms with van der Waals surface area (Å²) in [5, 5.41) is 8.74. The fraction of sp³-hybridized carbons (Fsp3) is 0. The number of carbonyl (C=O) groups is 1. The SMILES string of the molecule is N#Cc1cccc(OC(=O)/C=C/c2ccc(F)cc2)c1. The second-order valence-electron chi connectivity index (χ2n) is 3.95. The molecular weight excluding hydrogens is 257 g/mol. The van der Waals surface area contributed by atoms with Gasteiger partial charge in [-0.25, -0.2) is 9.18 Å². The van der Waals surface area contributed by atoms with Crippen LogP contribution >= 0.6 is 0 Å². The Bertz CT molecular complexity index is 684. The van der Waals surface area contributed by atoms with Crippen molar-refractivity contribution in [1.82, 2.24) is 0 Å². The fourth-order valence-electron chi connectivity index (χ4n) is 1.52. The molecule has 2 aromatic carbocycles. The number of carbonyl (C=O) groups excluding carboxylic acids is 1. The molecular formula is C16H10FNO2. The Kier molecular flexibility index (Phi) is 4.25. The van der Waals surface area contributed by atoms with Crippen molar-refractivity contribution >= 4 is 12.0 Å². The van der Waals surface area contributed by atoms with Gasteiger partial charge >= 0.3 is 5.97 Å². The predicted octanol–water partition coefficient (Wildman–Crippen LogP) is 3.32. The Morgan fingerprint density at radius 1 is 1.20 bits per heavy atom. The van der Waals surface area contributed by atoms with Crippen molar-refractivity contribution in [3.63, 3.8) is 0 Å². The van der Waals surface area contributed by atoms with Crippen LogP contribution in [0.15, 0.2) is 54.6 Å². The van der Waals surface area contributed by atoms with Gasteiger partial charge in [-0.2, -0.15) is 5.26 Å². The minimum Gasteiger partial charge on any atom is -0.423 e. The van der Waals surface area contributed by atoms with Crippen LogP contribution in [0.4, 0.5) is 4.39 Å². The van der Waals surface area contributed by atoms with Crippen LogP contribution in [0.1, 0.15) is 11.1 Å². The van der Waals surface area contributed by atoms with Crippen LogP contribution < -0.4 is 4.74 Å². The van der Waals surface area contributed by atoms with Gasteiger partial charge in [-0.05, 0) is 42.0 Å². The Balaban J connectivity index is 2.02. The van der Waals surface area contributed by atoms with Crippen molar-refractivity contribution in [1.29, 1.82) is 5.26 Å². The van der Waals surface area contributed by atoms with E-state index in [4.69, 9.17) is 10.00 Å². The van der Waals surface area contributed by atoms with E-state index >= 15 is 0 Å². The normalized spacial score (nSPS) is 10.2. The number of hydrogen-bond acceptors (Lipinski definition) is 3. The summed E-state index contributed by atoms with van der Waals surface area (Å²) >= 11 is 0. The van der Waals surface area contributed by atoms with Gasteiger partial charge in [0.05, 0.1) is 11.6 Å². The van der Waals surface area contributed by atoms with E-state index in [1.54, 1.807) is 30.3 Å². The molecule has 0 aliphatic rings. The summed E-state index contributed by atoms with van der Waals surface area (Å²) in [6, 6.07) is 14.0. The van der Waals surface area contributed by atoms with E-state index in [2.05, 4.69) is 0 Å². The van der Waals surface area contributed by atoms with Gasteiger partial charge in [0.1, 0.15) is 11.6 Å². The minimum absolute atomic E-state index is 0.304. The number of halogens is 1. The summed E-state index contributed by atoms with van der Waals surface area (Å²) in [6.07, 6.45) is 2.77. The Hall–Kier alpha value is -2.93. The minimum atomic E-state index is -0.565.